The first-order valence-corrected chi connectivity index (χ1v) is 5.83. The third kappa shape index (κ3) is 1.86. The van der Waals surface area contributed by atoms with E-state index in [-0.39, 0.29) is 16.4 Å². The summed E-state index contributed by atoms with van der Waals surface area (Å²) in [5.74, 6) is -0.270. The molecule has 19 heavy (non-hydrogen) atoms. The molecule has 0 fully saturated rings. The SMILES string of the molecule is Nc1n[nH]c(-c2cn[nH]c2)c1-c1c(F)cccc1Cl. The van der Waals surface area contributed by atoms with Gasteiger partial charge < -0.3 is 5.73 Å². The van der Waals surface area contributed by atoms with Crippen molar-refractivity contribution in [3.8, 4) is 22.4 Å². The van der Waals surface area contributed by atoms with Crippen molar-refractivity contribution < 1.29 is 4.39 Å². The molecule has 3 rings (SSSR count). The predicted molar refractivity (Wildman–Crippen MR) is 71.0 cm³/mol. The quantitative estimate of drug-likeness (QED) is 0.673. The summed E-state index contributed by atoms with van der Waals surface area (Å²) in [6, 6.07) is 4.47. The van der Waals surface area contributed by atoms with E-state index in [0.29, 0.717) is 11.3 Å². The molecular formula is C12H9ClFN5. The van der Waals surface area contributed by atoms with Crippen LogP contribution in [-0.2, 0) is 0 Å². The van der Waals surface area contributed by atoms with Crippen LogP contribution in [-0.4, -0.2) is 20.4 Å². The molecule has 0 radical (unpaired) electrons. The zero-order valence-electron chi connectivity index (χ0n) is 9.61. The number of halogens is 2. The number of benzene rings is 1. The topological polar surface area (TPSA) is 83.4 Å². The van der Waals surface area contributed by atoms with Crippen LogP contribution < -0.4 is 5.73 Å². The molecule has 0 bridgehead atoms. The van der Waals surface area contributed by atoms with Gasteiger partial charge in [0.2, 0.25) is 0 Å². The van der Waals surface area contributed by atoms with E-state index in [1.165, 1.54) is 12.1 Å². The fourth-order valence-electron chi connectivity index (χ4n) is 1.94. The Bertz CT molecular complexity index is 700. The molecule has 96 valence electrons. The van der Waals surface area contributed by atoms with Crippen LogP contribution in [0.4, 0.5) is 10.2 Å². The average Bonchev–Trinajstić information content (AvgIpc) is 2.99. The molecule has 2 heterocycles. The first kappa shape index (κ1) is 11.7. The lowest BCUT2D eigenvalue weighted by Crippen LogP contribution is -1.92. The molecule has 7 heteroatoms. The Kier molecular flexibility index (Phi) is 2.72. The predicted octanol–water partition coefficient (Wildman–Crippen LogP) is 2.84. The molecule has 3 aromatic rings. The lowest BCUT2D eigenvalue weighted by atomic mass is 10.0. The van der Waals surface area contributed by atoms with E-state index in [1.807, 2.05) is 0 Å². The zero-order chi connectivity index (χ0) is 13.4. The molecule has 0 saturated heterocycles. The van der Waals surface area contributed by atoms with Gasteiger partial charge in [-0.15, -0.1) is 0 Å². The molecule has 2 aromatic heterocycles. The highest BCUT2D eigenvalue weighted by molar-refractivity contribution is 6.33. The summed E-state index contributed by atoms with van der Waals surface area (Å²) < 4.78 is 14.0. The number of aromatic nitrogens is 4. The molecule has 0 unspecified atom stereocenters. The van der Waals surface area contributed by atoms with Crippen LogP contribution in [0.15, 0.2) is 30.6 Å². The van der Waals surface area contributed by atoms with Gasteiger partial charge in [0.15, 0.2) is 5.82 Å². The number of rotatable bonds is 2. The van der Waals surface area contributed by atoms with Crippen LogP contribution in [0.1, 0.15) is 0 Å². The third-order valence-electron chi connectivity index (χ3n) is 2.79. The van der Waals surface area contributed by atoms with Gasteiger partial charge in [0, 0.05) is 17.3 Å². The Labute approximate surface area is 112 Å². The van der Waals surface area contributed by atoms with Crippen LogP contribution in [0.5, 0.6) is 0 Å². The maximum Gasteiger partial charge on any atom is 0.153 e. The minimum absolute atomic E-state index is 0.184. The summed E-state index contributed by atoms with van der Waals surface area (Å²) >= 11 is 6.07. The second kappa shape index (κ2) is 4.40. The summed E-state index contributed by atoms with van der Waals surface area (Å²) in [6.45, 7) is 0. The monoisotopic (exact) mass is 277 g/mol. The van der Waals surface area contributed by atoms with Crippen molar-refractivity contribution >= 4 is 17.4 Å². The van der Waals surface area contributed by atoms with Gasteiger partial charge in [-0.2, -0.15) is 10.2 Å². The van der Waals surface area contributed by atoms with Gasteiger partial charge in [0.25, 0.3) is 0 Å². The number of hydrogen-bond acceptors (Lipinski definition) is 3. The number of nitrogens with zero attached hydrogens (tertiary/aromatic N) is 2. The van der Waals surface area contributed by atoms with Gasteiger partial charge in [-0.05, 0) is 12.1 Å². The molecule has 1 aromatic carbocycles. The number of nitrogens with one attached hydrogen (secondary N) is 2. The van der Waals surface area contributed by atoms with E-state index < -0.39 is 5.82 Å². The Morgan fingerprint density at radius 1 is 1.26 bits per heavy atom. The first-order valence-electron chi connectivity index (χ1n) is 5.46. The lowest BCUT2D eigenvalue weighted by molar-refractivity contribution is 0.631. The molecular weight excluding hydrogens is 269 g/mol. The number of anilines is 1. The van der Waals surface area contributed by atoms with Crippen molar-refractivity contribution in [3.05, 3.63) is 41.4 Å². The summed E-state index contributed by atoms with van der Waals surface area (Å²) in [7, 11) is 0. The van der Waals surface area contributed by atoms with Gasteiger partial charge in [0.1, 0.15) is 5.82 Å². The molecule has 0 spiro atoms. The van der Waals surface area contributed by atoms with Crippen LogP contribution in [0.3, 0.4) is 0 Å². The first-order chi connectivity index (χ1) is 9.18. The standard InChI is InChI=1S/C12H9ClFN5/c13-7-2-1-3-8(14)9(7)10-11(18-19-12(10)15)6-4-16-17-5-6/h1-5H,(H,16,17)(H3,15,18,19). The van der Waals surface area contributed by atoms with Crippen molar-refractivity contribution in [1.82, 2.24) is 20.4 Å². The third-order valence-corrected chi connectivity index (χ3v) is 3.11. The molecule has 0 atom stereocenters. The van der Waals surface area contributed by atoms with Crippen LogP contribution in [0.25, 0.3) is 22.4 Å². The van der Waals surface area contributed by atoms with E-state index >= 15 is 0 Å². The number of aromatic amines is 2. The molecule has 0 amide bonds. The van der Waals surface area contributed by atoms with Crippen LogP contribution in [0.2, 0.25) is 5.02 Å². The molecule has 0 aliphatic rings. The fourth-order valence-corrected chi connectivity index (χ4v) is 2.20. The zero-order valence-corrected chi connectivity index (χ0v) is 10.4. The van der Waals surface area contributed by atoms with Gasteiger partial charge >= 0.3 is 0 Å². The van der Waals surface area contributed by atoms with Crippen molar-refractivity contribution in [2.75, 3.05) is 5.73 Å². The smallest absolute Gasteiger partial charge is 0.153 e. The number of nitrogens with two attached hydrogens (primary N) is 1. The Hall–Kier alpha value is -2.34. The highest BCUT2D eigenvalue weighted by atomic mass is 35.5. The highest BCUT2D eigenvalue weighted by Crippen LogP contribution is 2.39. The summed E-state index contributed by atoms with van der Waals surface area (Å²) in [6.07, 6.45) is 3.25. The summed E-state index contributed by atoms with van der Waals surface area (Å²) in [4.78, 5) is 0. The van der Waals surface area contributed by atoms with Gasteiger partial charge in [0.05, 0.1) is 22.5 Å². The number of nitrogen functional groups attached to an aromatic ring is 1. The van der Waals surface area contributed by atoms with Crippen LogP contribution >= 0.6 is 11.6 Å². The number of hydrogen-bond donors (Lipinski definition) is 3. The largest absolute Gasteiger partial charge is 0.382 e. The van der Waals surface area contributed by atoms with Crippen LogP contribution in [0, 0.1) is 5.82 Å². The fraction of sp³-hybridized carbons (Fsp3) is 0. The maximum atomic E-state index is 14.0. The van der Waals surface area contributed by atoms with Crippen molar-refractivity contribution in [2.24, 2.45) is 0 Å². The minimum atomic E-state index is -0.453. The van der Waals surface area contributed by atoms with Gasteiger partial charge in [-0.25, -0.2) is 4.39 Å². The highest BCUT2D eigenvalue weighted by Gasteiger charge is 2.20. The second-order valence-corrected chi connectivity index (χ2v) is 4.35. The van der Waals surface area contributed by atoms with E-state index in [0.717, 1.165) is 5.56 Å². The van der Waals surface area contributed by atoms with Crippen molar-refractivity contribution in [3.63, 3.8) is 0 Å². The van der Waals surface area contributed by atoms with Gasteiger partial charge in [-0.3, -0.25) is 10.2 Å². The Balaban J connectivity index is 2.29. The lowest BCUT2D eigenvalue weighted by Gasteiger charge is -2.06. The maximum absolute atomic E-state index is 14.0. The number of H-pyrrole nitrogens is 2. The van der Waals surface area contributed by atoms with Gasteiger partial charge in [-0.1, -0.05) is 17.7 Å². The van der Waals surface area contributed by atoms with E-state index in [2.05, 4.69) is 20.4 Å². The Morgan fingerprint density at radius 2 is 2.11 bits per heavy atom. The second-order valence-electron chi connectivity index (χ2n) is 3.94. The Morgan fingerprint density at radius 3 is 2.79 bits per heavy atom. The molecule has 0 aliphatic heterocycles. The minimum Gasteiger partial charge on any atom is -0.382 e. The molecule has 0 saturated carbocycles. The van der Waals surface area contributed by atoms with E-state index in [4.69, 9.17) is 17.3 Å². The molecule has 0 aliphatic carbocycles. The van der Waals surface area contributed by atoms with E-state index in [1.54, 1.807) is 18.5 Å². The van der Waals surface area contributed by atoms with Crippen molar-refractivity contribution in [2.45, 2.75) is 0 Å². The summed E-state index contributed by atoms with van der Waals surface area (Å²) in [5.41, 5.74) is 7.77. The average molecular weight is 278 g/mol. The van der Waals surface area contributed by atoms with Crippen molar-refractivity contribution in [1.29, 1.82) is 0 Å². The normalized spacial score (nSPS) is 10.8. The summed E-state index contributed by atoms with van der Waals surface area (Å²) in [5, 5.41) is 13.5. The molecule has 5 nitrogen and oxygen atoms in total. The van der Waals surface area contributed by atoms with E-state index in [9.17, 15) is 4.39 Å². The molecule has 4 N–H and O–H groups in total.